The van der Waals surface area contributed by atoms with Gasteiger partial charge in [0.05, 0.1) is 0 Å². The van der Waals surface area contributed by atoms with Gasteiger partial charge < -0.3 is 0 Å². The van der Waals surface area contributed by atoms with E-state index in [1.54, 1.807) is 16.9 Å². The molecule has 1 unspecified atom stereocenters. The zero-order valence-electron chi connectivity index (χ0n) is 4.26. The molecule has 0 amide bonds. The Morgan fingerprint density at radius 1 is 1.43 bits per heavy atom. The standard InChI is InChI=1S/C4H11AsO2/c5-1-3-7-4-2-6/h6H,1-5H2. The summed E-state index contributed by atoms with van der Waals surface area (Å²) in [5.74, 6) is 0. The number of hydrogen-bond donors (Lipinski definition) is 1. The van der Waals surface area contributed by atoms with Gasteiger partial charge in [-0.2, -0.15) is 0 Å². The Morgan fingerprint density at radius 2 is 2.14 bits per heavy atom. The van der Waals surface area contributed by atoms with Gasteiger partial charge in [0.25, 0.3) is 0 Å². The third-order valence-corrected chi connectivity index (χ3v) is 0.992. The molecular formula is C4H11AsO2. The minimum absolute atomic E-state index is 0.146. The molecule has 2 nitrogen and oxygen atoms in total. The number of rotatable bonds is 4. The van der Waals surface area contributed by atoms with Crippen LogP contribution in [0.3, 0.4) is 0 Å². The van der Waals surface area contributed by atoms with Crippen LogP contribution in [0.5, 0.6) is 0 Å². The summed E-state index contributed by atoms with van der Waals surface area (Å²) in [7, 11) is 0. The van der Waals surface area contributed by atoms with Crippen LogP contribution >= 0.6 is 0 Å². The fourth-order valence-corrected chi connectivity index (χ4v) is 0.600. The summed E-state index contributed by atoms with van der Waals surface area (Å²) in [6.07, 6.45) is 0. The van der Waals surface area contributed by atoms with Crippen LogP contribution in [-0.4, -0.2) is 41.8 Å². The van der Waals surface area contributed by atoms with Crippen LogP contribution in [0.2, 0.25) is 5.21 Å². The monoisotopic (exact) mass is 166 g/mol. The van der Waals surface area contributed by atoms with E-state index in [1.807, 2.05) is 0 Å². The van der Waals surface area contributed by atoms with E-state index in [9.17, 15) is 0 Å². The van der Waals surface area contributed by atoms with Crippen molar-refractivity contribution in [2.45, 2.75) is 5.21 Å². The summed E-state index contributed by atoms with van der Waals surface area (Å²) >= 11 is 1.66. The van der Waals surface area contributed by atoms with Gasteiger partial charge in [-0.1, -0.05) is 0 Å². The van der Waals surface area contributed by atoms with E-state index >= 15 is 0 Å². The molecule has 1 atom stereocenters. The van der Waals surface area contributed by atoms with Crippen molar-refractivity contribution in [3.63, 3.8) is 0 Å². The van der Waals surface area contributed by atoms with Gasteiger partial charge in [0.15, 0.2) is 0 Å². The van der Waals surface area contributed by atoms with Crippen molar-refractivity contribution in [3.8, 4) is 0 Å². The molecule has 0 rings (SSSR count). The summed E-state index contributed by atoms with van der Waals surface area (Å²) in [4.78, 5) is 0. The molecule has 0 aliphatic heterocycles. The summed E-state index contributed by atoms with van der Waals surface area (Å²) in [5.41, 5.74) is 0. The molecule has 0 aliphatic carbocycles. The first-order valence-electron chi connectivity index (χ1n) is 2.30. The molecule has 0 heterocycles. The molecule has 44 valence electrons. The molecule has 0 fully saturated rings. The normalized spacial score (nSPS) is 9.43. The summed E-state index contributed by atoms with van der Waals surface area (Å²) in [6, 6.07) is 0. The van der Waals surface area contributed by atoms with E-state index in [4.69, 9.17) is 9.84 Å². The van der Waals surface area contributed by atoms with Crippen LogP contribution in [0.15, 0.2) is 0 Å². The zero-order valence-corrected chi connectivity index (χ0v) is 6.68. The third-order valence-electron chi connectivity index (χ3n) is 0.498. The Kier molecular flexibility index (Phi) is 6.92. The van der Waals surface area contributed by atoms with Crippen molar-refractivity contribution in [3.05, 3.63) is 0 Å². The first kappa shape index (κ1) is 7.48. The van der Waals surface area contributed by atoms with Gasteiger partial charge in [0.1, 0.15) is 0 Å². The molecule has 0 saturated heterocycles. The molecule has 0 aliphatic rings. The average Bonchev–Trinajstić information content (AvgIpc) is 1.69. The van der Waals surface area contributed by atoms with Crippen LogP contribution in [0, 0.1) is 0 Å². The van der Waals surface area contributed by atoms with E-state index < -0.39 is 0 Å². The van der Waals surface area contributed by atoms with Gasteiger partial charge in [-0.15, -0.1) is 0 Å². The topological polar surface area (TPSA) is 29.5 Å². The van der Waals surface area contributed by atoms with E-state index in [1.165, 1.54) is 0 Å². The molecule has 0 saturated carbocycles. The SMILES string of the molecule is OCCOCC[AsH2]. The van der Waals surface area contributed by atoms with Crippen LogP contribution < -0.4 is 0 Å². The number of aliphatic hydroxyl groups excluding tert-OH is 1. The van der Waals surface area contributed by atoms with Crippen molar-refractivity contribution in [2.75, 3.05) is 19.8 Å². The molecule has 7 heavy (non-hydrogen) atoms. The number of ether oxygens (including phenoxy) is 1. The van der Waals surface area contributed by atoms with E-state index in [0.717, 1.165) is 11.8 Å². The predicted octanol–water partition coefficient (Wildman–Crippen LogP) is -0.953. The van der Waals surface area contributed by atoms with Crippen molar-refractivity contribution < 1.29 is 9.84 Å². The minimum atomic E-state index is 0.146. The molecule has 0 aromatic carbocycles. The molecule has 0 aromatic rings. The van der Waals surface area contributed by atoms with E-state index in [-0.39, 0.29) is 6.61 Å². The third kappa shape index (κ3) is 6.48. The van der Waals surface area contributed by atoms with Crippen molar-refractivity contribution in [2.24, 2.45) is 0 Å². The number of hydrogen-bond acceptors (Lipinski definition) is 2. The van der Waals surface area contributed by atoms with Crippen LogP contribution in [0.25, 0.3) is 0 Å². The second-order valence-corrected chi connectivity index (χ2v) is 2.34. The Balaban J connectivity index is 2.45. The van der Waals surface area contributed by atoms with Gasteiger partial charge in [-0.05, 0) is 0 Å². The molecule has 0 radical (unpaired) electrons. The average molecular weight is 166 g/mol. The summed E-state index contributed by atoms with van der Waals surface area (Å²) < 4.78 is 4.90. The number of aliphatic hydroxyl groups is 1. The van der Waals surface area contributed by atoms with Crippen molar-refractivity contribution in [1.82, 2.24) is 0 Å². The van der Waals surface area contributed by atoms with Crippen LogP contribution in [0.1, 0.15) is 0 Å². The Morgan fingerprint density at radius 3 is 2.57 bits per heavy atom. The van der Waals surface area contributed by atoms with Gasteiger partial charge >= 0.3 is 51.7 Å². The maximum absolute atomic E-state index is 8.17. The van der Waals surface area contributed by atoms with Crippen LogP contribution in [0.4, 0.5) is 0 Å². The molecule has 3 heteroatoms. The molecule has 0 spiro atoms. The summed E-state index contributed by atoms with van der Waals surface area (Å²) in [5, 5.41) is 9.26. The predicted molar refractivity (Wildman–Crippen MR) is 31.3 cm³/mol. The molecular weight excluding hydrogens is 155 g/mol. The van der Waals surface area contributed by atoms with E-state index in [2.05, 4.69) is 0 Å². The zero-order chi connectivity index (χ0) is 5.54. The second-order valence-electron chi connectivity index (χ2n) is 1.12. The van der Waals surface area contributed by atoms with Gasteiger partial charge in [0.2, 0.25) is 0 Å². The Hall–Kier alpha value is 0.478. The van der Waals surface area contributed by atoms with Gasteiger partial charge in [-0.25, -0.2) is 0 Å². The second kappa shape index (κ2) is 6.48. The molecule has 1 N–H and O–H groups in total. The quantitative estimate of drug-likeness (QED) is 0.431. The van der Waals surface area contributed by atoms with Crippen LogP contribution in [-0.2, 0) is 4.74 Å². The maximum atomic E-state index is 8.17. The fourth-order valence-electron chi connectivity index (χ4n) is 0.250. The van der Waals surface area contributed by atoms with Crippen molar-refractivity contribution >= 4 is 16.9 Å². The first-order valence-corrected chi connectivity index (χ1v) is 4.01. The Labute approximate surface area is 52.4 Å². The van der Waals surface area contributed by atoms with Crippen molar-refractivity contribution in [1.29, 1.82) is 0 Å². The molecule has 0 aromatic heterocycles. The Bertz CT molecular complexity index is 28.9. The van der Waals surface area contributed by atoms with Gasteiger partial charge in [-0.3, -0.25) is 0 Å². The fraction of sp³-hybridized carbons (Fsp3) is 1.00. The summed E-state index contributed by atoms with van der Waals surface area (Å²) in [6.45, 7) is 1.43. The molecule has 0 bridgehead atoms. The van der Waals surface area contributed by atoms with E-state index in [0.29, 0.717) is 6.61 Å². The van der Waals surface area contributed by atoms with Gasteiger partial charge in [0, 0.05) is 0 Å². The first-order chi connectivity index (χ1) is 3.41.